The van der Waals surface area contributed by atoms with Crippen LogP contribution in [-0.2, 0) is 31.3 Å². The minimum atomic E-state index is -3.68. The molecule has 32 heavy (non-hydrogen) atoms. The van der Waals surface area contributed by atoms with Crippen LogP contribution in [0.3, 0.4) is 0 Å². The predicted molar refractivity (Wildman–Crippen MR) is 121 cm³/mol. The molecule has 2 aromatic rings. The first-order valence-electron chi connectivity index (χ1n) is 9.70. The molecule has 0 fully saturated rings. The van der Waals surface area contributed by atoms with Gasteiger partial charge in [-0.1, -0.05) is 11.6 Å². The summed E-state index contributed by atoms with van der Waals surface area (Å²) in [6.45, 7) is 0.149. The summed E-state index contributed by atoms with van der Waals surface area (Å²) in [5.74, 6) is -0.155. The number of halogens is 1. The summed E-state index contributed by atoms with van der Waals surface area (Å²) in [5.41, 5.74) is 1.60. The highest BCUT2D eigenvalue weighted by Gasteiger charge is 2.39. The summed E-state index contributed by atoms with van der Waals surface area (Å²) in [6.07, 6.45) is 0.476. The second-order valence-electron chi connectivity index (χ2n) is 7.83. The zero-order chi connectivity index (χ0) is 23.4. The van der Waals surface area contributed by atoms with Gasteiger partial charge >= 0.3 is 0 Å². The van der Waals surface area contributed by atoms with E-state index in [9.17, 15) is 21.6 Å². The van der Waals surface area contributed by atoms with Crippen molar-refractivity contribution in [2.75, 3.05) is 42.6 Å². The van der Waals surface area contributed by atoms with Gasteiger partial charge in [0, 0.05) is 31.4 Å². The minimum Gasteiger partial charge on any atom is -0.476 e. The molecule has 0 N–H and O–H groups in total. The number of rotatable bonds is 4. The Kier molecular flexibility index (Phi) is 5.64. The molecule has 172 valence electrons. The van der Waals surface area contributed by atoms with Crippen molar-refractivity contribution in [3.05, 3.63) is 47.0 Å². The van der Waals surface area contributed by atoms with Crippen LogP contribution < -0.4 is 13.9 Å². The minimum absolute atomic E-state index is 0.151. The molecule has 2 aliphatic rings. The topological polar surface area (TPSA) is 104 Å². The van der Waals surface area contributed by atoms with Crippen molar-refractivity contribution in [1.29, 1.82) is 0 Å². The van der Waals surface area contributed by atoms with E-state index in [-0.39, 0.29) is 22.9 Å². The fraction of sp³-hybridized carbons (Fsp3) is 0.350. The lowest BCUT2D eigenvalue weighted by Gasteiger charge is -2.35. The van der Waals surface area contributed by atoms with Crippen LogP contribution >= 0.6 is 11.6 Å². The van der Waals surface area contributed by atoms with Crippen LogP contribution in [0.5, 0.6) is 5.75 Å². The number of carbonyl (C=O) groups excluding carboxylic acids is 1. The molecule has 1 atom stereocenters. The molecule has 4 rings (SSSR count). The average molecular weight is 500 g/mol. The number of benzene rings is 2. The molecule has 2 aromatic carbocycles. The fourth-order valence-corrected chi connectivity index (χ4v) is 5.84. The molecule has 0 radical (unpaired) electrons. The maximum absolute atomic E-state index is 13.3. The maximum atomic E-state index is 13.3. The van der Waals surface area contributed by atoms with Gasteiger partial charge in [-0.3, -0.25) is 9.10 Å². The molecule has 0 saturated heterocycles. The van der Waals surface area contributed by atoms with E-state index in [1.54, 1.807) is 18.2 Å². The van der Waals surface area contributed by atoms with Crippen molar-refractivity contribution in [2.45, 2.75) is 17.4 Å². The molecule has 12 heteroatoms. The number of carbonyl (C=O) groups is 1. The molecular formula is C20H22ClN3O6S2. The Morgan fingerprint density at radius 2 is 1.81 bits per heavy atom. The lowest BCUT2D eigenvalue weighted by atomic mass is 10.1. The highest BCUT2D eigenvalue weighted by molar-refractivity contribution is 7.92. The summed E-state index contributed by atoms with van der Waals surface area (Å²) in [5, 5.41) is 0.350. The zero-order valence-electron chi connectivity index (χ0n) is 17.6. The van der Waals surface area contributed by atoms with Gasteiger partial charge in [0.15, 0.2) is 6.10 Å². The van der Waals surface area contributed by atoms with E-state index >= 15 is 0 Å². The third-order valence-corrected chi connectivity index (χ3v) is 8.65. The molecule has 2 heterocycles. The number of hydrogen-bond donors (Lipinski definition) is 0. The molecule has 0 aromatic heterocycles. The van der Waals surface area contributed by atoms with Gasteiger partial charge in [-0.25, -0.2) is 21.1 Å². The molecule has 9 nitrogen and oxygen atoms in total. The quantitative estimate of drug-likeness (QED) is 0.634. The van der Waals surface area contributed by atoms with E-state index in [2.05, 4.69) is 0 Å². The van der Waals surface area contributed by atoms with Crippen LogP contribution in [0.25, 0.3) is 0 Å². The molecule has 0 aliphatic carbocycles. The molecule has 1 amide bonds. The van der Waals surface area contributed by atoms with Crippen LogP contribution in [0.1, 0.15) is 5.56 Å². The Morgan fingerprint density at radius 1 is 1.09 bits per heavy atom. The van der Waals surface area contributed by atoms with Crippen LogP contribution in [0.15, 0.2) is 41.3 Å². The van der Waals surface area contributed by atoms with Gasteiger partial charge < -0.3 is 9.64 Å². The van der Waals surface area contributed by atoms with E-state index in [1.807, 2.05) is 0 Å². The largest absolute Gasteiger partial charge is 0.476 e. The van der Waals surface area contributed by atoms with Gasteiger partial charge in [-0.05, 0) is 48.4 Å². The third-order valence-electron chi connectivity index (χ3n) is 5.46. The van der Waals surface area contributed by atoms with Crippen molar-refractivity contribution in [2.24, 2.45) is 0 Å². The highest BCUT2D eigenvalue weighted by atomic mass is 35.5. The first-order chi connectivity index (χ1) is 14.9. The SMILES string of the molecule is CN(C)S(=O)(=O)c1ccc2c(c1)CCN2C(=O)[C@@H]1CN(S(C)(=O)=O)c2cc(Cl)ccc2O1. The van der Waals surface area contributed by atoms with Gasteiger partial charge in [0.05, 0.1) is 23.4 Å². The standard InChI is InChI=1S/C20H22ClN3O6S2/c1-22(2)32(28,29)15-5-6-16-13(10-15)8-9-23(16)20(25)19-12-24(31(3,26)27)17-11-14(21)4-7-18(17)30-19/h4-7,10-11,19H,8-9,12H2,1-3H3/t19-/m0/s1. The number of ether oxygens (including phenoxy) is 1. The molecular weight excluding hydrogens is 478 g/mol. The van der Waals surface area contributed by atoms with Crippen LogP contribution in [0, 0.1) is 0 Å². The molecule has 0 bridgehead atoms. The van der Waals surface area contributed by atoms with Gasteiger partial charge in [-0.15, -0.1) is 0 Å². The van der Waals surface area contributed by atoms with E-state index < -0.39 is 32.1 Å². The summed E-state index contributed by atoms with van der Waals surface area (Å²) in [4.78, 5) is 15.0. The lowest BCUT2D eigenvalue weighted by molar-refractivity contribution is -0.125. The van der Waals surface area contributed by atoms with E-state index in [4.69, 9.17) is 16.3 Å². The van der Waals surface area contributed by atoms with Crippen molar-refractivity contribution < 1.29 is 26.4 Å². The average Bonchev–Trinajstić information content (AvgIpc) is 3.14. The van der Waals surface area contributed by atoms with Gasteiger partial charge in [0.1, 0.15) is 5.75 Å². The molecule has 0 spiro atoms. The normalized spacial score (nSPS) is 18.3. The first-order valence-corrected chi connectivity index (χ1v) is 13.4. The molecule has 0 saturated carbocycles. The van der Waals surface area contributed by atoms with Crippen LogP contribution in [0.2, 0.25) is 5.02 Å². The summed E-state index contributed by atoms with van der Waals surface area (Å²) < 4.78 is 57.7. The monoisotopic (exact) mass is 499 g/mol. The fourth-order valence-electron chi connectivity index (χ4n) is 3.82. The molecule has 2 aliphatic heterocycles. The van der Waals surface area contributed by atoms with Gasteiger partial charge in [0.2, 0.25) is 20.0 Å². The van der Waals surface area contributed by atoms with E-state index in [1.165, 1.54) is 37.2 Å². The van der Waals surface area contributed by atoms with Gasteiger partial charge in [0.25, 0.3) is 5.91 Å². The Morgan fingerprint density at radius 3 is 2.47 bits per heavy atom. The summed E-state index contributed by atoms with van der Waals surface area (Å²) >= 11 is 6.02. The second kappa shape index (κ2) is 7.91. The second-order valence-corrected chi connectivity index (χ2v) is 12.3. The first kappa shape index (κ1) is 22.8. The Balaban J connectivity index is 1.65. The number of hydrogen-bond acceptors (Lipinski definition) is 6. The molecule has 0 unspecified atom stereocenters. The lowest BCUT2D eigenvalue weighted by Crippen LogP contribution is -2.51. The van der Waals surface area contributed by atoms with E-state index in [0.717, 1.165) is 20.4 Å². The smallest absolute Gasteiger partial charge is 0.269 e. The van der Waals surface area contributed by atoms with Crippen molar-refractivity contribution in [1.82, 2.24) is 4.31 Å². The predicted octanol–water partition coefficient (Wildman–Crippen LogP) is 1.71. The van der Waals surface area contributed by atoms with Crippen LogP contribution in [0.4, 0.5) is 11.4 Å². The van der Waals surface area contributed by atoms with Crippen molar-refractivity contribution in [3.8, 4) is 5.75 Å². The van der Waals surface area contributed by atoms with Gasteiger partial charge in [-0.2, -0.15) is 0 Å². The van der Waals surface area contributed by atoms with Crippen molar-refractivity contribution in [3.63, 3.8) is 0 Å². The Hall–Kier alpha value is -2.34. The van der Waals surface area contributed by atoms with Crippen LogP contribution in [-0.4, -0.2) is 66.6 Å². The number of amides is 1. The highest BCUT2D eigenvalue weighted by Crippen LogP contribution is 2.38. The van der Waals surface area contributed by atoms with Crippen molar-refractivity contribution >= 4 is 48.9 Å². The number of anilines is 2. The Bertz CT molecular complexity index is 1310. The number of nitrogens with zero attached hydrogens (tertiary/aromatic N) is 3. The summed E-state index contributed by atoms with van der Waals surface area (Å²) in [6, 6.07) is 9.20. The third kappa shape index (κ3) is 3.94. The Labute approximate surface area is 192 Å². The van der Waals surface area contributed by atoms with E-state index in [0.29, 0.717) is 23.7 Å². The number of sulfonamides is 2. The maximum Gasteiger partial charge on any atom is 0.269 e. The zero-order valence-corrected chi connectivity index (χ0v) is 20.0. The number of fused-ring (bicyclic) bond motifs is 2. The summed E-state index contributed by atoms with van der Waals surface area (Å²) in [7, 11) is -4.37.